The second-order valence-electron chi connectivity index (χ2n) is 10.8. The molecular weight excluding hydrogens is 494 g/mol. The second kappa shape index (κ2) is 11.5. The molecule has 0 radical (unpaired) electrons. The maximum Gasteiger partial charge on any atom is 0.237 e. The van der Waals surface area contributed by atoms with E-state index in [1.165, 1.54) is 0 Å². The Kier molecular flexibility index (Phi) is 7.47. The van der Waals surface area contributed by atoms with E-state index < -0.39 is 5.41 Å². The zero-order chi connectivity index (χ0) is 27.4. The van der Waals surface area contributed by atoms with Crippen LogP contribution >= 0.6 is 0 Å². The quantitative estimate of drug-likeness (QED) is 0.318. The fourth-order valence-corrected chi connectivity index (χ4v) is 6.43. The van der Waals surface area contributed by atoms with Gasteiger partial charge in [0.2, 0.25) is 11.8 Å². The van der Waals surface area contributed by atoms with E-state index >= 15 is 0 Å². The SMILES string of the molecule is O=C1CN(CCN2CCC(c3ccccc3)(c3ccccc3)C2=O)CCN1C(c1ccccc1)c1ccccc1. The zero-order valence-corrected chi connectivity index (χ0v) is 22.7. The van der Waals surface area contributed by atoms with Crippen LogP contribution in [0.15, 0.2) is 121 Å². The Balaban J connectivity index is 1.15. The molecule has 0 atom stereocenters. The Hall–Kier alpha value is -4.22. The Labute approximate surface area is 236 Å². The van der Waals surface area contributed by atoms with Gasteiger partial charge in [-0.25, -0.2) is 0 Å². The molecule has 0 aromatic heterocycles. The van der Waals surface area contributed by atoms with Crippen molar-refractivity contribution >= 4 is 11.8 Å². The highest BCUT2D eigenvalue weighted by atomic mass is 16.2. The lowest BCUT2D eigenvalue weighted by atomic mass is 9.73. The van der Waals surface area contributed by atoms with E-state index in [9.17, 15) is 9.59 Å². The van der Waals surface area contributed by atoms with Crippen molar-refractivity contribution in [2.75, 3.05) is 39.3 Å². The second-order valence-corrected chi connectivity index (χ2v) is 10.8. The molecule has 2 aliphatic heterocycles. The van der Waals surface area contributed by atoms with Crippen LogP contribution in [0.4, 0.5) is 0 Å². The molecule has 0 saturated carbocycles. The first-order chi connectivity index (χ1) is 19.7. The summed E-state index contributed by atoms with van der Waals surface area (Å²) >= 11 is 0. The summed E-state index contributed by atoms with van der Waals surface area (Å²) in [5.41, 5.74) is 3.68. The van der Waals surface area contributed by atoms with Gasteiger partial charge in [-0.3, -0.25) is 14.5 Å². The van der Waals surface area contributed by atoms with Crippen molar-refractivity contribution in [1.29, 1.82) is 0 Å². The minimum absolute atomic E-state index is 0.102. The average molecular weight is 530 g/mol. The third-order valence-electron chi connectivity index (χ3n) is 8.51. The first-order valence-electron chi connectivity index (χ1n) is 14.2. The van der Waals surface area contributed by atoms with Crippen molar-refractivity contribution in [2.24, 2.45) is 0 Å². The normalized spacial score (nSPS) is 17.5. The fourth-order valence-electron chi connectivity index (χ4n) is 6.43. The molecular formula is C35H35N3O2. The van der Waals surface area contributed by atoms with Gasteiger partial charge in [-0.1, -0.05) is 121 Å². The van der Waals surface area contributed by atoms with Crippen LogP contribution < -0.4 is 0 Å². The lowest BCUT2D eigenvalue weighted by Crippen LogP contribution is -2.53. The van der Waals surface area contributed by atoms with E-state index in [2.05, 4.69) is 53.4 Å². The van der Waals surface area contributed by atoms with Crippen molar-refractivity contribution in [3.63, 3.8) is 0 Å². The van der Waals surface area contributed by atoms with E-state index in [1.54, 1.807) is 0 Å². The number of carbonyl (C=O) groups excluding carboxylic acids is 2. The molecule has 40 heavy (non-hydrogen) atoms. The number of carbonyl (C=O) groups is 2. The minimum atomic E-state index is -0.657. The standard InChI is InChI=1S/C35H35N3O2/c39-32-27-36(24-26-38(32)33(28-13-5-1-6-14-28)29-15-7-2-8-16-29)23-25-37-22-21-35(34(37)40,30-17-9-3-10-18-30)31-19-11-4-12-20-31/h1-20,33H,21-27H2. The summed E-state index contributed by atoms with van der Waals surface area (Å²) < 4.78 is 0. The van der Waals surface area contributed by atoms with E-state index in [1.807, 2.05) is 82.6 Å². The summed E-state index contributed by atoms with van der Waals surface area (Å²) in [5.74, 6) is 0.280. The molecule has 5 nitrogen and oxygen atoms in total. The van der Waals surface area contributed by atoms with Gasteiger partial charge in [0.25, 0.3) is 0 Å². The number of piperazine rings is 1. The Morgan fingerprint density at radius 2 is 1.10 bits per heavy atom. The molecule has 0 spiro atoms. The maximum absolute atomic E-state index is 14.1. The van der Waals surface area contributed by atoms with Crippen LogP contribution in [0.5, 0.6) is 0 Å². The summed E-state index contributed by atoms with van der Waals surface area (Å²) in [4.78, 5) is 33.8. The molecule has 2 saturated heterocycles. The molecule has 0 bridgehead atoms. The van der Waals surface area contributed by atoms with Crippen LogP contribution in [0.1, 0.15) is 34.7 Å². The maximum atomic E-state index is 14.1. The van der Waals surface area contributed by atoms with Crippen molar-refractivity contribution < 1.29 is 9.59 Å². The molecule has 5 heteroatoms. The van der Waals surface area contributed by atoms with Gasteiger partial charge in [0, 0.05) is 32.7 Å². The van der Waals surface area contributed by atoms with Gasteiger partial charge in [0.1, 0.15) is 5.41 Å². The number of amides is 2. The molecule has 2 amide bonds. The molecule has 2 aliphatic rings. The lowest BCUT2D eigenvalue weighted by Gasteiger charge is -2.40. The monoisotopic (exact) mass is 529 g/mol. The van der Waals surface area contributed by atoms with Crippen LogP contribution in [0.3, 0.4) is 0 Å². The molecule has 2 heterocycles. The van der Waals surface area contributed by atoms with E-state index in [-0.39, 0.29) is 17.9 Å². The van der Waals surface area contributed by atoms with Gasteiger partial charge in [-0.2, -0.15) is 0 Å². The molecule has 0 unspecified atom stereocenters. The number of hydrogen-bond acceptors (Lipinski definition) is 3. The zero-order valence-electron chi connectivity index (χ0n) is 22.7. The third kappa shape index (κ3) is 4.93. The lowest BCUT2D eigenvalue weighted by molar-refractivity contribution is -0.138. The highest BCUT2D eigenvalue weighted by Crippen LogP contribution is 2.42. The van der Waals surface area contributed by atoms with Crippen molar-refractivity contribution in [3.8, 4) is 0 Å². The van der Waals surface area contributed by atoms with E-state index in [4.69, 9.17) is 0 Å². The highest BCUT2D eigenvalue weighted by molar-refractivity contribution is 5.94. The Morgan fingerprint density at radius 1 is 0.600 bits per heavy atom. The predicted molar refractivity (Wildman–Crippen MR) is 158 cm³/mol. The van der Waals surface area contributed by atoms with Crippen LogP contribution in [0.25, 0.3) is 0 Å². The van der Waals surface area contributed by atoms with Gasteiger partial charge in [0.05, 0.1) is 12.6 Å². The van der Waals surface area contributed by atoms with E-state index in [0.717, 1.165) is 35.2 Å². The van der Waals surface area contributed by atoms with E-state index in [0.29, 0.717) is 32.7 Å². The summed E-state index contributed by atoms with van der Waals surface area (Å²) in [5, 5.41) is 0. The van der Waals surface area contributed by atoms with Gasteiger partial charge >= 0.3 is 0 Å². The smallest absolute Gasteiger partial charge is 0.237 e. The minimum Gasteiger partial charge on any atom is -0.340 e. The topological polar surface area (TPSA) is 43.9 Å². The van der Waals surface area contributed by atoms with Crippen molar-refractivity contribution in [2.45, 2.75) is 17.9 Å². The molecule has 4 aromatic rings. The van der Waals surface area contributed by atoms with Gasteiger partial charge in [-0.15, -0.1) is 0 Å². The van der Waals surface area contributed by atoms with Crippen molar-refractivity contribution in [3.05, 3.63) is 144 Å². The molecule has 0 N–H and O–H groups in total. The first kappa shape index (κ1) is 26.0. The molecule has 2 fully saturated rings. The average Bonchev–Trinajstić information content (AvgIpc) is 3.35. The molecule has 4 aromatic carbocycles. The largest absolute Gasteiger partial charge is 0.340 e. The van der Waals surface area contributed by atoms with Crippen LogP contribution in [0.2, 0.25) is 0 Å². The first-order valence-corrected chi connectivity index (χ1v) is 14.2. The van der Waals surface area contributed by atoms with Gasteiger partial charge in [-0.05, 0) is 28.7 Å². The van der Waals surface area contributed by atoms with Crippen LogP contribution in [0, 0.1) is 0 Å². The van der Waals surface area contributed by atoms with Crippen molar-refractivity contribution in [1.82, 2.24) is 14.7 Å². The number of benzene rings is 4. The number of rotatable bonds is 8. The summed E-state index contributed by atoms with van der Waals surface area (Å²) in [6.07, 6.45) is 0.752. The Morgan fingerprint density at radius 3 is 1.60 bits per heavy atom. The molecule has 0 aliphatic carbocycles. The number of likely N-dealkylation sites (tertiary alicyclic amines) is 1. The number of hydrogen-bond donors (Lipinski definition) is 0. The van der Waals surface area contributed by atoms with Crippen LogP contribution in [-0.4, -0.2) is 65.8 Å². The summed E-state index contributed by atoms with van der Waals surface area (Å²) in [6, 6.07) is 40.8. The third-order valence-corrected chi connectivity index (χ3v) is 8.51. The number of nitrogens with zero attached hydrogens (tertiary/aromatic N) is 3. The predicted octanol–water partition coefficient (Wildman–Crippen LogP) is 5.14. The highest BCUT2D eigenvalue weighted by Gasteiger charge is 2.49. The van der Waals surface area contributed by atoms with Gasteiger partial charge in [0.15, 0.2) is 0 Å². The molecule has 6 rings (SSSR count). The van der Waals surface area contributed by atoms with Crippen LogP contribution in [-0.2, 0) is 15.0 Å². The summed E-state index contributed by atoms with van der Waals surface area (Å²) in [6.45, 7) is 3.81. The summed E-state index contributed by atoms with van der Waals surface area (Å²) in [7, 11) is 0. The molecule has 202 valence electrons. The van der Waals surface area contributed by atoms with Gasteiger partial charge < -0.3 is 9.80 Å². The fraction of sp³-hybridized carbons (Fsp3) is 0.257. The Bertz CT molecular complexity index is 1350.